The number of carbonyl (C=O) groups is 2. The van der Waals surface area contributed by atoms with Crippen LogP contribution < -0.4 is 5.32 Å². The molecule has 0 saturated heterocycles. The van der Waals surface area contributed by atoms with Crippen molar-refractivity contribution >= 4 is 11.8 Å². The molecule has 0 atom stereocenters. The molecule has 5 heteroatoms. The highest BCUT2D eigenvalue weighted by Gasteiger charge is 2.15. The lowest BCUT2D eigenvalue weighted by atomic mass is 10.2. The molecule has 0 aliphatic rings. The number of amides is 2. The summed E-state index contributed by atoms with van der Waals surface area (Å²) in [5.74, 6) is -0.834. The summed E-state index contributed by atoms with van der Waals surface area (Å²) in [6, 6.07) is 0. The van der Waals surface area contributed by atoms with E-state index in [1.165, 1.54) is 24.1 Å². The number of nitrogens with zero attached hydrogens (tertiary/aromatic N) is 1. The van der Waals surface area contributed by atoms with Crippen LogP contribution in [0.2, 0.25) is 0 Å². The summed E-state index contributed by atoms with van der Waals surface area (Å²) in [6.07, 6.45) is 3.02. The van der Waals surface area contributed by atoms with Gasteiger partial charge in [-0.3, -0.25) is 9.59 Å². The molecule has 0 radical (unpaired) electrons. The Morgan fingerprint density at radius 3 is 2.53 bits per heavy atom. The van der Waals surface area contributed by atoms with Crippen LogP contribution >= 0.6 is 0 Å². The van der Waals surface area contributed by atoms with E-state index in [-0.39, 0.29) is 18.8 Å². The van der Waals surface area contributed by atoms with Crippen molar-refractivity contribution in [1.29, 1.82) is 0 Å². The first-order valence-electron chi connectivity index (χ1n) is 5.10. The molecular weight excluding hydrogens is 220 g/mol. The van der Waals surface area contributed by atoms with E-state index in [0.717, 1.165) is 0 Å². The number of rotatable bonds is 6. The summed E-state index contributed by atoms with van der Waals surface area (Å²) < 4.78 is 0. The Labute approximate surface area is 101 Å². The molecule has 0 saturated carbocycles. The minimum atomic E-state index is -0.432. The second kappa shape index (κ2) is 7.40. The van der Waals surface area contributed by atoms with Gasteiger partial charge >= 0.3 is 0 Å². The maximum absolute atomic E-state index is 11.6. The molecule has 5 nitrogen and oxygen atoms in total. The first kappa shape index (κ1) is 15.1. The molecule has 0 aliphatic carbocycles. The van der Waals surface area contributed by atoms with Crippen molar-refractivity contribution in [3.05, 3.63) is 36.6 Å². The maximum atomic E-state index is 11.6. The lowest BCUT2D eigenvalue weighted by Crippen LogP contribution is -2.37. The van der Waals surface area contributed by atoms with Crippen molar-refractivity contribution < 1.29 is 14.7 Å². The molecule has 0 aromatic rings. The van der Waals surface area contributed by atoms with E-state index >= 15 is 0 Å². The Morgan fingerprint density at radius 2 is 2.06 bits per heavy atom. The Morgan fingerprint density at radius 1 is 1.47 bits per heavy atom. The van der Waals surface area contributed by atoms with Crippen molar-refractivity contribution in [2.45, 2.75) is 6.92 Å². The van der Waals surface area contributed by atoms with E-state index < -0.39 is 11.8 Å². The van der Waals surface area contributed by atoms with Crippen LogP contribution in [0.25, 0.3) is 0 Å². The minimum absolute atomic E-state index is 0.0252. The van der Waals surface area contributed by atoms with Gasteiger partial charge in [0.2, 0.25) is 0 Å². The van der Waals surface area contributed by atoms with Gasteiger partial charge in [0.15, 0.2) is 0 Å². The topological polar surface area (TPSA) is 69.6 Å². The molecule has 0 rings (SSSR count). The van der Waals surface area contributed by atoms with Crippen LogP contribution in [0.15, 0.2) is 36.6 Å². The Bertz CT molecular complexity index is 359. The number of hydrogen-bond acceptors (Lipinski definition) is 3. The quantitative estimate of drug-likeness (QED) is 0.513. The zero-order valence-electron chi connectivity index (χ0n) is 10.2. The smallest absolute Gasteiger partial charge is 0.269 e. The standard InChI is InChI=1S/C12H18N2O3/c1-5-6-9(2)11(16)13-10(3)12(17)14(4)7-8-15/h5-6,15H,1,3,7-8H2,2,4H3,(H,13,16)/b9-6+. The molecule has 2 amide bonds. The minimum Gasteiger partial charge on any atom is -0.395 e. The molecule has 0 aromatic carbocycles. The van der Waals surface area contributed by atoms with E-state index in [9.17, 15) is 9.59 Å². The fourth-order valence-corrected chi connectivity index (χ4v) is 1.02. The van der Waals surface area contributed by atoms with Gasteiger partial charge in [-0.15, -0.1) is 0 Å². The molecule has 0 unspecified atom stereocenters. The van der Waals surface area contributed by atoms with Crippen LogP contribution in [-0.2, 0) is 9.59 Å². The van der Waals surface area contributed by atoms with Crippen LogP contribution in [-0.4, -0.2) is 42.0 Å². The average Bonchev–Trinajstić information content (AvgIpc) is 2.28. The van der Waals surface area contributed by atoms with Crippen LogP contribution in [0.1, 0.15) is 6.92 Å². The summed E-state index contributed by atoms with van der Waals surface area (Å²) in [6.45, 7) is 8.60. The van der Waals surface area contributed by atoms with E-state index in [1.807, 2.05) is 0 Å². The molecule has 2 N–H and O–H groups in total. The number of aliphatic hydroxyl groups is 1. The van der Waals surface area contributed by atoms with Gasteiger partial charge in [-0.25, -0.2) is 0 Å². The van der Waals surface area contributed by atoms with Gasteiger partial charge in [-0.1, -0.05) is 25.3 Å². The number of allylic oxidation sites excluding steroid dienone is 2. The van der Waals surface area contributed by atoms with Gasteiger partial charge in [-0.2, -0.15) is 0 Å². The Kier molecular flexibility index (Phi) is 6.58. The highest BCUT2D eigenvalue weighted by atomic mass is 16.3. The van der Waals surface area contributed by atoms with Crippen molar-refractivity contribution in [2.24, 2.45) is 0 Å². The normalized spacial score (nSPS) is 10.6. The molecule has 0 aliphatic heterocycles. The largest absolute Gasteiger partial charge is 0.395 e. The third-order valence-corrected chi connectivity index (χ3v) is 2.03. The van der Waals surface area contributed by atoms with E-state index in [1.54, 1.807) is 6.92 Å². The molecule has 0 bridgehead atoms. The first-order valence-corrected chi connectivity index (χ1v) is 5.10. The highest BCUT2D eigenvalue weighted by molar-refractivity contribution is 6.01. The van der Waals surface area contributed by atoms with Crippen LogP contribution in [0.3, 0.4) is 0 Å². The third kappa shape index (κ3) is 5.12. The van der Waals surface area contributed by atoms with Crippen LogP contribution in [0.4, 0.5) is 0 Å². The Balaban J connectivity index is 4.45. The monoisotopic (exact) mass is 238 g/mol. The predicted octanol–water partition coefficient (Wildman–Crippen LogP) is 0.199. The number of likely N-dealkylation sites (N-methyl/N-ethyl adjacent to an activating group) is 1. The predicted molar refractivity (Wildman–Crippen MR) is 66.0 cm³/mol. The van der Waals surface area contributed by atoms with Gasteiger partial charge in [0.1, 0.15) is 0 Å². The second-order valence-corrected chi connectivity index (χ2v) is 3.47. The fraction of sp³-hybridized carbons (Fsp3) is 0.333. The van der Waals surface area contributed by atoms with Crippen molar-refractivity contribution in [2.75, 3.05) is 20.2 Å². The lowest BCUT2D eigenvalue weighted by molar-refractivity contribution is -0.128. The fourth-order valence-electron chi connectivity index (χ4n) is 1.02. The van der Waals surface area contributed by atoms with Gasteiger partial charge in [0, 0.05) is 19.2 Å². The summed E-state index contributed by atoms with van der Waals surface area (Å²) in [5, 5.41) is 11.1. The summed E-state index contributed by atoms with van der Waals surface area (Å²) in [4.78, 5) is 24.4. The third-order valence-electron chi connectivity index (χ3n) is 2.03. The van der Waals surface area contributed by atoms with Crippen molar-refractivity contribution in [1.82, 2.24) is 10.2 Å². The van der Waals surface area contributed by atoms with E-state index in [4.69, 9.17) is 5.11 Å². The number of aliphatic hydroxyl groups excluding tert-OH is 1. The SMILES string of the molecule is C=C/C=C(\C)C(=O)NC(=C)C(=O)N(C)CCO. The van der Waals surface area contributed by atoms with Gasteiger partial charge in [0.25, 0.3) is 11.8 Å². The first-order chi connectivity index (χ1) is 7.93. The molecule has 17 heavy (non-hydrogen) atoms. The average molecular weight is 238 g/mol. The molecule has 0 spiro atoms. The van der Waals surface area contributed by atoms with Crippen LogP contribution in [0, 0.1) is 0 Å². The molecule has 94 valence electrons. The molecule has 0 heterocycles. The highest BCUT2D eigenvalue weighted by Crippen LogP contribution is 1.98. The molecule has 0 fully saturated rings. The molecule has 0 aromatic heterocycles. The number of nitrogens with one attached hydrogen (secondary N) is 1. The van der Waals surface area contributed by atoms with Crippen molar-refractivity contribution in [3.8, 4) is 0 Å². The van der Waals surface area contributed by atoms with E-state index in [2.05, 4.69) is 18.5 Å². The second-order valence-electron chi connectivity index (χ2n) is 3.47. The van der Waals surface area contributed by atoms with Gasteiger partial charge < -0.3 is 15.3 Å². The number of carbonyl (C=O) groups excluding carboxylic acids is 2. The zero-order valence-corrected chi connectivity index (χ0v) is 10.2. The Hall–Kier alpha value is -1.88. The van der Waals surface area contributed by atoms with Crippen LogP contribution in [0.5, 0.6) is 0 Å². The zero-order chi connectivity index (χ0) is 13.4. The summed E-state index contributed by atoms with van der Waals surface area (Å²) in [7, 11) is 1.52. The summed E-state index contributed by atoms with van der Waals surface area (Å²) >= 11 is 0. The van der Waals surface area contributed by atoms with Crippen molar-refractivity contribution in [3.63, 3.8) is 0 Å². The van der Waals surface area contributed by atoms with E-state index in [0.29, 0.717) is 5.57 Å². The van der Waals surface area contributed by atoms with Gasteiger partial charge in [-0.05, 0) is 6.92 Å². The lowest BCUT2D eigenvalue weighted by Gasteiger charge is -2.17. The maximum Gasteiger partial charge on any atom is 0.269 e. The number of hydrogen-bond donors (Lipinski definition) is 2. The summed E-state index contributed by atoms with van der Waals surface area (Å²) in [5.41, 5.74) is 0.404. The molecular formula is C12H18N2O3. The van der Waals surface area contributed by atoms with Gasteiger partial charge in [0.05, 0.1) is 12.3 Å².